The number of rotatable bonds is 2. The van der Waals surface area contributed by atoms with Crippen LogP contribution in [0.3, 0.4) is 0 Å². The molecule has 8 heteroatoms. The highest BCUT2D eigenvalue weighted by Crippen LogP contribution is 2.23. The maximum atomic E-state index is 12.0. The summed E-state index contributed by atoms with van der Waals surface area (Å²) in [4.78, 5) is 30.0. The average molecular weight is 322 g/mol. The lowest BCUT2D eigenvalue weighted by Gasteiger charge is -2.36. The van der Waals surface area contributed by atoms with Crippen LogP contribution in [0.15, 0.2) is 12.1 Å². The molecule has 0 atom stereocenters. The van der Waals surface area contributed by atoms with Gasteiger partial charge in [-0.1, -0.05) is 0 Å². The highest BCUT2D eigenvalue weighted by atomic mass is 16.6. The molecule has 0 radical (unpaired) electrons. The summed E-state index contributed by atoms with van der Waals surface area (Å²) in [5.74, 6) is -0.154. The van der Waals surface area contributed by atoms with E-state index < -0.39 is 10.5 Å². The van der Waals surface area contributed by atoms with Gasteiger partial charge in [-0.05, 0) is 36.7 Å². The molecule has 1 amide bonds. The standard InChI is InChI=1S/C15H22N4O4/c1-11-12(5-6-13(16-11)19(21)22)17-7-9-18(10-8-17)14(20)23-15(2,3)4/h5-6H,7-10H2,1-4H3. The molecule has 0 saturated carbocycles. The average Bonchev–Trinajstić information content (AvgIpc) is 2.45. The quantitative estimate of drug-likeness (QED) is 0.613. The Morgan fingerprint density at radius 1 is 1.26 bits per heavy atom. The van der Waals surface area contributed by atoms with Crippen LogP contribution >= 0.6 is 0 Å². The molecular weight excluding hydrogens is 300 g/mol. The fraction of sp³-hybridized carbons (Fsp3) is 0.600. The molecule has 0 N–H and O–H groups in total. The molecule has 2 rings (SSSR count). The molecule has 0 bridgehead atoms. The predicted octanol–water partition coefficient (Wildman–Crippen LogP) is 2.36. The Morgan fingerprint density at radius 3 is 2.35 bits per heavy atom. The van der Waals surface area contributed by atoms with E-state index in [9.17, 15) is 14.9 Å². The van der Waals surface area contributed by atoms with Crippen LogP contribution in [0.5, 0.6) is 0 Å². The van der Waals surface area contributed by atoms with Gasteiger partial charge >= 0.3 is 11.9 Å². The van der Waals surface area contributed by atoms with Gasteiger partial charge in [-0.25, -0.2) is 4.79 Å². The number of ether oxygens (including phenoxy) is 1. The van der Waals surface area contributed by atoms with Crippen molar-refractivity contribution in [2.24, 2.45) is 0 Å². The Balaban J connectivity index is 1.99. The van der Waals surface area contributed by atoms with E-state index in [2.05, 4.69) is 9.88 Å². The van der Waals surface area contributed by atoms with Gasteiger partial charge in [-0.3, -0.25) is 0 Å². The molecular formula is C15H22N4O4. The third-order valence-electron chi connectivity index (χ3n) is 3.50. The third kappa shape index (κ3) is 4.30. The molecule has 1 aromatic heterocycles. The Morgan fingerprint density at radius 2 is 1.87 bits per heavy atom. The van der Waals surface area contributed by atoms with Crippen LogP contribution in [0.25, 0.3) is 0 Å². The zero-order chi connectivity index (χ0) is 17.2. The number of amides is 1. The first-order valence-electron chi connectivity index (χ1n) is 7.52. The van der Waals surface area contributed by atoms with E-state index in [1.54, 1.807) is 17.9 Å². The fourth-order valence-corrected chi connectivity index (χ4v) is 2.43. The maximum absolute atomic E-state index is 12.0. The van der Waals surface area contributed by atoms with Crippen molar-refractivity contribution in [1.82, 2.24) is 9.88 Å². The first kappa shape index (κ1) is 17.0. The van der Waals surface area contributed by atoms with Crippen molar-refractivity contribution < 1.29 is 14.5 Å². The zero-order valence-corrected chi connectivity index (χ0v) is 13.9. The number of anilines is 1. The van der Waals surface area contributed by atoms with E-state index in [1.807, 2.05) is 20.8 Å². The smallest absolute Gasteiger partial charge is 0.410 e. The van der Waals surface area contributed by atoms with E-state index in [4.69, 9.17) is 4.74 Å². The van der Waals surface area contributed by atoms with E-state index in [-0.39, 0.29) is 11.9 Å². The van der Waals surface area contributed by atoms with Gasteiger partial charge in [0.2, 0.25) is 0 Å². The minimum Gasteiger partial charge on any atom is -0.444 e. The van der Waals surface area contributed by atoms with E-state index in [0.717, 1.165) is 5.69 Å². The second-order valence-electron chi connectivity index (χ2n) is 6.49. The van der Waals surface area contributed by atoms with Crippen molar-refractivity contribution in [3.63, 3.8) is 0 Å². The number of carbonyl (C=O) groups excluding carboxylic acids is 1. The van der Waals surface area contributed by atoms with Crippen molar-refractivity contribution in [2.45, 2.75) is 33.3 Å². The van der Waals surface area contributed by atoms with Gasteiger partial charge in [0.25, 0.3) is 0 Å². The summed E-state index contributed by atoms with van der Waals surface area (Å²) in [6.07, 6.45) is -0.310. The highest BCUT2D eigenvalue weighted by Gasteiger charge is 2.27. The molecule has 23 heavy (non-hydrogen) atoms. The summed E-state index contributed by atoms with van der Waals surface area (Å²) in [6, 6.07) is 3.12. The number of aromatic nitrogens is 1. The first-order chi connectivity index (χ1) is 10.7. The molecule has 1 aliphatic rings. The maximum Gasteiger partial charge on any atom is 0.410 e. The van der Waals surface area contributed by atoms with Gasteiger partial charge in [-0.15, -0.1) is 0 Å². The summed E-state index contributed by atoms with van der Waals surface area (Å²) in [5.41, 5.74) is 0.969. The minimum atomic E-state index is -0.507. The van der Waals surface area contributed by atoms with Crippen molar-refractivity contribution in [3.05, 3.63) is 27.9 Å². The Hall–Kier alpha value is -2.38. The van der Waals surface area contributed by atoms with Crippen LogP contribution in [0.1, 0.15) is 26.5 Å². The van der Waals surface area contributed by atoms with Gasteiger partial charge in [0.05, 0.1) is 5.69 Å². The van der Waals surface area contributed by atoms with E-state index >= 15 is 0 Å². The molecule has 1 fully saturated rings. The monoisotopic (exact) mass is 322 g/mol. The SMILES string of the molecule is Cc1nc([N+](=O)[O-])ccc1N1CCN(C(=O)OC(C)(C)C)CC1. The van der Waals surface area contributed by atoms with Crippen molar-refractivity contribution in [1.29, 1.82) is 0 Å². The largest absolute Gasteiger partial charge is 0.444 e. The number of piperazine rings is 1. The molecule has 0 aromatic carbocycles. The molecule has 1 saturated heterocycles. The number of hydrogen-bond donors (Lipinski definition) is 0. The molecule has 1 aliphatic heterocycles. The Bertz CT molecular complexity index is 604. The van der Waals surface area contributed by atoms with Crippen LogP contribution in [0, 0.1) is 17.0 Å². The van der Waals surface area contributed by atoms with Crippen molar-refractivity contribution in [2.75, 3.05) is 31.1 Å². The second kappa shape index (κ2) is 6.39. The van der Waals surface area contributed by atoms with Gasteiger partial charge in [0, 0.05) is 39.2 Å². The number of aryl methyl sites for hydroxylation is 1. The molecule has 1 aromatic rings. The summed E-state index contributed by atoms with van der Waals surface area (Å²) >= 11 is 0. The van der Waals surface area contributed by atoms with E-state index in [1.165, 1.54) is 6.07 Å². The van der Waals surface area contributed by atoms with Gasteiger partial charge in [0.1, 0.15) is 5.60 Å². The van der Waals surface area contributed by atoms with Crippen LogP contribution in [0.2, 0.25) is 0 Å². The second-order valence-corrected chi connectivity index (χ2v) is 6.49. The van der Waals surface area contributed by atoms with Gasteiger partial charge in [0.15, 0.2) is 5.69 Å². The first-order valence-corrected chi connectivity index (χ1v) is 7.52. The summed E-state index contributed by atoms with van der Waals surface area (Å²) in [5, 5.41) is 10.7. The van der Waals surface area contributed by atoms with E-state index in [0.29, 0.717) is 31.9 Å². The predicted molar refractivity (Wildman–Crippen MR) is 85.6 cm³/mol. The fourth-order valence-electron chi connectivity index (χ4n) is 2.43. The van der Waals surface area contributed by atoms with Crippen LogP contribution < -0.4 is 4.90 Å². The van der Waals surface area contributed by atoms with Crippen molar-refractivity contribution >= 4 is 17.6 Å². The number of pyridine rings is 1. The van der Waals surface area contributed by atoms with Crippen LogP contribution in [0.4, 0.5) is 16.3 Å². The lowest BCUT2D eigenvalue weighted by Crippen LogP contribution is -2.50. The van der Waals surface area contributed by atoms with Gasteiger partial charge in [-0.2, -0.15) is 0 Å². The molecule has 0 aliphatic carbocycles. The lowest BCUT2D eigenvalue weighted by molar-refractivity contribution is -0.389. The topological polar surface area (TPSA) is 88.8 Å². The summed E-state index contributed by atoms with van der Waals surface area (Å²) in [6.45, 7) is 9.64. The highest BCUT2D eigenvalue weighted by molar-refractivity contribution is 5.68. The zero-order valence-electron chi connectivity index (χ0n) is 13.9. The molecule has 126 valence electrons. The molecule has 0 spiro atoms. The number of nitro groups is 1. The number of hydrogen-bond acceptors (Lipinski definition) is 6. The number of carbonyl (C=O) groups is 1. The van der Waals surface area contributed by atoms with Crippen LogP contribution in [-0.4, -0.2) is 52.7 Å². The number of nitrogens with zero attached hydrogens (tertiary/aromatic N) is 4. The molecule has 2 heterocycles. The molecule has 8 nitrogen and oxygen atoms in total. The summed E-state index contributed by atoms with van der Waals surface area (Å²) < 4.78 is 5.37. The normalized spacial score (nSPS) is 15.5. The Kier molecular flexibility index (Phi) is 4.72. The van der Waals surface area contributed by atoms with Crippen molar-refractivity contribution in [3.8, 4) is 0 Å². The van der Waals surface area contributed by atoms with Crippen LogP contribution in [-0.2, 0) is 4.74 Å². The molecule has 0 unspecified atom stereocenters. The third-order valence-corrected chi connectivity index (χ3v) is 3.50. The lowest BCUT2D eigenvalue weighted by atomic mass is 10.2. The minimum absolute atomic E-state index is 0.154. The van der Waals surface area contributed by atoms with Gasteiger partial charge < -0.3 is 24.7 Å². The summed E-state index contributed by atoms with van der Waals surface area (Å²) in [7, 11) is 0. The Labute approximate surface area is 135 Å².